The van der Waals surface area contributed by atoms with Gasteiger partial charge in [0.1, 0.15) is 5.75 Å². The van der Waals surface area contributed by atoms with Gasteiger partial charge in [0.25, 0.3) is 0 Å². The Bertz CT molecular complexity index is 1100. The van der Waals surface area contributed by atoms with Crippen LogP contribution in [0.4, 0.5) is 0 Å². The number of nitrogens with zero attached hydrogens (tertiary/aromatic N) is 1. The zero-order chi connectivity index (χ0) is 23.7. The quantitative estimate of drug-likeness (QED) is 0.590. The van der Waals surface area contributed by atoms with Crippen LogP contribution in [0, 0.1) is 12.3 Å². The molecule has 0 aromatic heterocycles. The summed E-state index contributed by atoms with van der Waals surface area (Å²) in [6, 6.07) is 12.5. The van der Waals surface area contributed by atoms with E-state index in [1.807, 2.05) is 27.7 Å². The van der Waals surface area contributed by atoms with Crippen LogP contribution in [0.5, 0.6) is 5.75 Å². The van der Waals surface area contributed by atoms with E-state index in [4.69, 9.17) is 9.47 Å². The molecule has 172 valence electrons. The normalized spacial score (nSPS) is 19.5. The van der Waals surface area contributed by atoms with E-state index < -0.39 is 33.5 Å². The Morgan fingerprint density at radius 2 is 1.62 bits per heavy atom. The summed E-state index contributed by atoms with van der Waals surface area (Å²) in [6.07, 6.45) is 1.75. The smallest absolute Gasteiger partial charge is 0.335 e. The molecule has 0 amide bonds. The number of hydrogen-bond donors (Lipinski definition) is 0. The molecule has 0 unspecified atom stereocenters. The van der Waals surface area contributed by atoms with Gasteiger partial charge in [0.2, 0.25) is 10.0 Å². The van der Waals surface area contributed by atoms with Crippen LogP contribution < -0.4 is 4.74 Å². The summed E-state index contributed by atoms with van der Waals surface area (Å²) in [6.45, 7) is 9.74. The van der Waals surface area contributed by atoms with Crippen molar-refractivity contribution >= 4 is 16.0 Å². The molecule has 0 spiro atoms. The molecule has 0 bridgehead atoms. The van der Waals surface area contributed by atoms with Crippen LogP contribution in [-0.2, 0) is 19.6 Å². The Hall–Kier alpha value is -2.64. The third-order valence-corrected chi connectivity index (χ3v) is 7.45. The largest absolute Gasteiger partial charge is 0.497 e. The summed E-state index contributed by atoms with van der Waals surface area (Å²) < 4.78 is 39.9. The van der Waals surface area contributed by atoms with Crippen LogP contribution in [0.2, 0.25) is 0 Å². The summed E-state index contributed by atoms with van der Waals surface area (Å²) in [5, 5.41) is 0. The van der Waals surface area contributed by atoms with Gasteiger partial charge in [0.05, 0.1) is 30.2 Å². The molecule has 0 N–H and O–H groups in total. The van der Waals surface area contributed by atoms with Crippen LogP contribution in [0.15, 0.2) is 65.1 Å². The van der Waals surface area contributed by atoms with Crippen LogP contribution in [0.25, 0.3) is 0 Å². The second-order valence-corrected chi connectivity index (χ2v) is 10.8. The summed E-state index contributed by atoms with van der Waals surface area (Å²) in [4.78, 5) is 13.1. The first kappa shape index (κ1) is 24.0. The second kappa shape index (κ2) is 9.08. The highest BCUT2D eigenvalue weighted by atomic mass is 32.2. The van der Waals surface area contributed by atoms with Gasteiger partial charge in [-0.25, -0.2) is 13.2 Å². The average Bonchev–Trinajstić information content (AvgIpc) is 3.16. The number of sulfonamides is 1. The fraction of sp³-hybridized carbons (Fsp3) is 0.400. The van der Waals surface area contributed by atoms with Gasteiger partial charge in [-0.05, 0) is 49.1 Å². The Morgan fingerprint density at radius 1 is 1.03 bits per heavy atom. The molecule has 1 aliphatic heterocycles. The highest BCUT2D eigenvalue weighted by molar-refractivity contribution is 7.89. The molecule has 1 heterocycles. The summed E-state index contributed by atoms with van der Waals surface area (Å²) in [5.74, 6) is 0.137. The first-order valence-corrected chi connectivity index (χ1v) is 12.1. The molecule has 3 rings (SSSR count). The molecule has 2 aromatic rings. The number of carbonyl (C=O) groups excluding carboxylic acids is 1. The SMILES string of the molecule is CCOC(=O)C1=C[C@@H](C(C)(C)C)N(S(=O)(=O)c2ccc(C)cc2)[C@H]1c1ccc(OC)cc1. The van der Waals surface area contributed by atoms with Crippen molar-refractivity contribution in [1.82, 2.24) is 4.31 Å². The number of aryl methyl sites for hydroxylation is 1. The minimum atomic E-state index is -3.94. The standard InChI is InChI=1S/C25H31NO5S/c1-7-31-24(27)21-16-22(25(3,4)5)26(23(21)18-10-12-19(30-6)13-11-18)32(28,29)20-14-8-17(2)9-15-20/h8-16,22-23H,7H2,1-6H3/t22-,23-/m0/s1. The summed E-state index contributed by atoms with van der Waals surface area (Å²) in [5.41, 5.74) is 1.51. The molecule has 2 atom stereocenters. The van der Waals surface area contributed by atoms with Gasteiger partial charge in [0, 0.05) is 6.04 Å². The predicted octanol–water partition coefficient (Wildman–Crippen LogP) is 4.65. The minimum Gasteiger partial charge on any atom is -0.497 e. The molecule has 32 heavy (non-hydrogen) atoms. The van der Waals surface area contributed by atoms with E-state index in [0.717, 1.165) is 5.56 Å². The molecule has 0 saturated carbocycles. The maximum absolute atomic E-state index is 14.0. The third-order valence-electron chi connectivity index (χ3n) is 5.59. The van der Waals surface area contributed by atoms with Crippen molar-refractivity contribution < 1.29 is 22.7 Å². The molecule has 0 aliphatic carbocycles. The average molecular weight is 458 g/mol. The van der Waals surface area contributed by atoms with Gasteiger partial charge in [-0.15, -0.1) is 0 Å². The van der Waals surface area contributed by atoms with Crippen molar-refractivity contribution in [3.05, 3.63) is 71.3 Å². The topological polar surface area (TPSA) is 72.9 Å². The highest BCUT2D eigenvalue weighted by Gasteiger charge is 2.49. The van der Waals surface area contributed by atoms with Crippen molar-refractivity contribution in [1.29, 1.82) is 0 Å². The lowest BCUT2D eigenvalue weighted by Gasteiger charge is -2.37. The van der Waals surface area contributed by atoms with Crippen molar-refractivity contribution in [3.8, 4) is 5.75 Å². The molecule has 6 nitrogen and oxygen atoms in total. The van der Waals surface area contributed by atoms with E-state index >= 15 is 0 Å². The monoisotopic (exact) mass is 457 g/mol. The van der Waals surface area contributed by atoms with E-state index in [-0.39, 0.29) is 11.5 Å². The summed E-state index contributed by atoms with van der Waals surface area (Å²) >= 11 is 0. The van der Waals surface area contributed by atoms with Crippen molar-refractivity contribution in [2.45, 2.75) is 51.6 Å². The van der Waals surface area contributed by atoms with Gasteiger partial charge < -0.3 is 9.47 Å². The zero-order valence-electron chi connectivity index (χ0n) is 19.5. The molecule has 0 fully saturated rings. The van der Waals surface area contributed by atoms with E-state index in [9.17, 15) is 13.2 Å². The molecule has 7 heteroatoms. The van der Waals surface area contributed by atoms with Gasteiger partial charge in [0.15, 0.2) is 0 Å². The lowest BCUT2D eigenvalue weighted by atomic mass is 9.87. The first-order chi connectivity index (χ1) is 15.0. The fourth-order valence-corrected chi connectivity index (χ4v) is 5.80. The maximum Gasteiger partial charge on any atom is 0.335 e. The lowest BCUT2D eigenvalue weighted by molar-refractivity contribution is -0.138. The first-order valence-electron chi connectivity index (χ1n) is 10.6. The van der Waals surface area contributed by atoms with Crippen molar-refractivity contribution in [2.24, 2.45) is 5.41 Å². The number of esters is 1. The molecular formula is C25H31NO5S. The Labute approximate surface area is 190 Å². The van der Waals surface area contributed by atoms with E-state index in [0.29, 0.717) is 16.9 Å². The van der Waals surface area contributed by atoms with E-state index in [2.05, 4.69) is 0 Å². The van der Waals surface area contributed by atoms with Crippen LogP contribution in [-0.4, -0.2) is 38.5 Å². The second-order valence-electron chi connectivity index (χ2n) is 8.98. The molecular weight excluding hydrogens is 426 g/mol. The Morgan fingerprint density at radius 3 is 2.12 bits per heavy atom. The van der Waals surface area contributed by atoms with Gasteiger partial charge in [-0.3, -0.25) is 0 Å². The maximum atomic E-state index is 14.0. The predicted molar refractivity (Wildman–Crippen MR) is 124 cm³/mol. The fourth-order valence-electron chi connectivity index (χ4n) is 3.89. The lowest BCUT2D eigenvalue weighted by Crippen LogP contribution is -2.45. The number of ether oxygens (including phenoxy) is 2. The van der Waals surface area contributed by atoms with Crippen molar-refractivity contribution in [2.75, 3.05) is 13.7 Å². The van der Waals surface area contributed by atoms with Crippen LogP contribution in [0.3, 0.4) is 0 Å². The van der Waals surface area contributed by atoms with Gasteiger partial charge >= 0.3 is 5.97 Å². The molecule has 1 aliphatic rings. The zero-order valence-corrected chi connectivity index (χ0v) is 20.3. The van der Waals surface area contributed by atoms with Crippen molar-refractivity contribution in [3.63, 3.8) is 0 Å². The summed E-state index contributed by atoms with van der Waals surface area (Å²) in [7, 11) is -2.37. The number of hydrogen-bond acceptors (Lipinski definition) is 5. The third kappa shape index (κ3) is 4.59. The number of benzene rings is 2. The Kier molecular flexibility index (Phi) is 6.81. The number of carbonyl (C=O) groups is 1. The van der Waals surface area contributed by atoms with Gasteiger partial charge in [-0.2, -0.15) is 4.31 Å². The molecule has 2 aromatic carbocycles. The van der Waals surface area contributed by atoms with Crippen LogP contribution in [0.1, 0.15) is 44.9 Å². The highest BCUT2D eigenvalue weighted by Crippen LogP contribution is 2.46. The van der Waals surface area contributed by atoms with Crippen LogP contribution >= 0.6 is 0 Å². The van der Waals surface area contributed by atoms with E-state index in [1.54, 1.807) is 68.6 Å². The molecule has 0 saturated heterocycles. The number of methoxy groups -OCH3 is 1. The Balaban J connectivity index is 2.22. The molecule has 0 radical (unpaired) electrons. The minimum absolute atomic E-state index is 0.189. The van der Waals surface area contributed by atoms with Gasteiger partial charge in [-0.1, -0.05) is 56.7 Å². The number of rotatable bonds is 6. The van der Waals surface area contributed by atoms with E-state index in [1.165, 1.54) is 4.31 Å².